The minimum atomic E-state index is 0. The van der Waals surface area contributed by atoms with E-state index in [0.717, 1.165) is 11.1 Å². The predicted octanol–water partition coefficient (Wildman–Crippen LogP) is 2.94. The normalized spacial score (nSPS) is 10.6. The lowest BCUT2D eigenvalue weighted by molar-refractivity contribution is 0.351. The molecular formula is C19H26IN3O4. The van der Waals surface area contributed by atoms with Gasteiger partial charge in [0.2, 0.25) is 0 Å². The Balaban J connectivity index is 0.00000364. The first-order chi connectivity index (χ1) is 12.6. The summed E-state index contributed by atoms with van der Waals surface area (Å²) in [6.45, 7) is 0.899. The van der Waals surface area contributed by atoms with Crippen molar-refractivity contribution in [3.63, 3.8) is 0 Å². The third-order valence-corrected chi connectivity index (χ3v) is 3.82. The lowest BCUT2D eigenvalue weighted by atomic mass is 10.2. The molecular weight excluding hydrogens is 461 g/mol. The summed E-state index contributed by atoms with van der Waals surface area (Å²) in [5, 5.41) is 3.08. The van der Waals surface area contributed by atoms with Crippen molar-refractivity contribution in [3.8, 4) is 23.0 Å². The van der Waals surface area contributed by atoms with Gasteiger partial charge in [0.05, 0.1) is 35.0 Å². The fourth-order valence-electron chi connectivity index (χ4n) is 2.49. The zero-order valence-corrected chi connectivity index (χ0v) is 18.3. The topological polar surface area (TPSA) is 87.3 Å². The number of hydrogen-bond acceptors (Lipinski definition) is 5. The first kappa shape index (κ1) is 22.7. The summed E-state index contributed by atoms with van der Waals surface area (Å²) in [6, 6.07) is 11.3. The monoisotopic (exact) mass is 487 g/mol. The van der Waals surface area contributed by atoms with Gasteiger partial charge in [-0.3, -0.25) is 0 Å². The second-order valence-corrected chi connectivity index (χ2v) is 5.40. The summed E-state index contributed by atoms with van der Waals surface area (Å²) in [7, 11) is 6.41. The van der Waals surface area contributed by atoms with E-state index in [9.17, 15) is 0 Å². The predicted molar refractivity (Wildman–Crippen MR) is 117 cm³/mol. The second-order valence-electron chi connectivity index (χ2n) is 5.40. The number of hydrogen-bond donors (Lipinski definition) is 2. The van der Waals surface area contributed by atoms with Crippen LogP contribution in [-0.4, -0.2) is 34.4 Å². The Morgan fingerprint density at radius 3 is 2.26 bits per heavy atom. The quantitative estimate of drug-likeness (QED) is 0.338. The smallest absolute Gasteiger partial charge is 0.189 e. The molecule has 0 spiro atoms. The lowest BCUT2D eigenvalue weighted by Crippen LogP contribution is -2.31. The molecule has 0 heterocycles. The summed E-state index contributed by atoms with van der Waals surface area (Å²) in [5.74, 6) is 3.02. The van der Waals surface area contributed by atoms with Crippen molar-refractivity contribution >= 4 is 29.9 Å². The van der Waals surface area contributed by atoms with Crippen LogP contribution in [0.5, 0.6) is 23.0 Å². The average molecular weight is 487 g/mol. The highest BCUT2D eigenvalue weighted by Crippen LogP contribution is 2.30. The van der Waals surface area contributed by atoms with Gasteiger partial charge in [0.15, 0.2) is 29.0 Å². The van der Waals surface area contributed by atoms with E-state index in [4.69, 9.17) is 24.7 Å². The third-order valence-electron chi connectivity index (χ3n) is 3.82. The Labute approximate surface area is 176 Å². The number of nitrogens with zero attached hydrogens (tertiary/aromatic N) is 1. The Kier molecular flexibility index (Phi) is 9.55. The maximum atomic E-state index is 5.97. The van der Waals surface area contributed by atoms with Crippen molar-refractivity contribution in [3.05, 3.63) is 47.5 Å². The van der Waals surface area contributed by atoms with Gasteiger partial charge in [-0.1, -0.05) is 18.2 Å². The van der Waals surface area contributed by atoms with Gasteiger partial charge in [0.1, 0.15) is 0 Å². The van der Waals surface area contributed by atoms with Crippen molar-refractivity contribution in [1.29, 1.82) is 0 Å². The molecule has 0 aliphatic carbocycles. The van der Waals surface area contributed by atoms with Gasteiger partial charge in [0.25, 0.3) is 0 Å². The Bertz CT molecular complexity index is 769. The van der Waals surface area contributed by atoms with Crippen LogP contribution in [-0.2, 0) is 13.1 Å². The van der Waals surface area contributed by atoms with E-state index in [0.29, 0.717) is 42.0 Å². The number of guanidine groups is 1. The number of benzene rings is 2. The number of halogens is 1. The first-order valence-corrected chi connectivity index (χ1v) is 8.07. The fourth-order valence-corrected chi connectivity index (χ4v) is 2.49. The van der Waals surface area contributed by atoms with Crippen LogP contribution in [0.4, 0.5) is 0 Å². The van der Waals surface area contributed by atoms with Crippen molar-refractivity contribution < 1.29 is 18.9 Å². The van der Waals surface area contributed by atoms with Crippen LogP contribution >= 0.6 is 24.0 Å². The zero-order valence-electron chi connectivity index (χ0n) is 15.9. The van der Waals surface area contributed by atoms with E-state index in [1.165, 1.54) is 0 Å². The molecule has 0 aliphatic rings. The van der Waals surface area contributed by atoms with Crippen LogP contribution in [0.15, 0.2) is 41.4 Å². The molecule has 0 atom stereocenters. The van der Waals surface area contributed by atoms with Crippen LogP contribution in [0.2, 0.25) is 0 Å². The SMILES string of the molecule is COc1ccc(CN=C(N)NCc2cccc(OC)c2OC)cc1OC.I. The van der Waals surface area contributed by atoms with Gasteiger partial charge in [-0.25, -0.2) is 4.99 Å². The van der Waals surface area contributed by atoms with Crippen molar-refractivity contribution in [2.75, 3.05) is 28.4 Å². The van der Waals surface area contributed by atoms with Gasteiger partial charge in [-0.2, -0.15) is 0 Å². The van der Waals surface area contributed by atoms with Gasteiger partial charge < -0.3 is 30.0 Å². The molecule has 7 nitrogen and oxygen atoms in total. The highest BCUT2D eigenvalue weighted by atomic mass is 127. The standard InChI is InChI=1S/C19H25N3O4.HI/c1-23-15-9-8-13(10-17(15)25-3)11-21-19(20)22-12-14-6-5-7-16(24-2)18(14)26-4;/h5-10H,11-12H2,1-4H3,(H3,20,21,22);1H. The maximum Gasteiger partial charge on any atom is 0.189 e. The van der Waals surface area contributed by atoms with E-state index in [2.05, 4.69) is 10.3 Å². The highest BCUT2D eigenvalue weighted by Gasteiger charge is 2.09. The Hall–Kier alpha value is -2.36. The van der Waals surface area contributed by atoms with Crippen molar-refractivity contribution in [2.45, 2.75) is 13.1 Å². The molecule has 0 fully saturated rings. The number of rotatable bonds is 8. The van der Waals surface area contributed by atoms with Gasteiger partial charge in [-0.15, -0.1) is 24.0 Å². The second kappa shape index (κ2) is 11.4. The third kappa shape index (κ3) is 6.09. The van der Waals surface area contributed by atoms with Gasteiger partial charge >= 0.3 is 0 Å². The molecule has 3 N–H and O–H groups in total. The summed E-state index contributed by atoms with van der Waals surface area (Å²) in [5.41, 5.74) is 7.86. The molecule has 0 aliphatic heterocycles. The number of para-hydroxylation sites is 1. The largest absolute Gasteiger partial charge is 0.493 e. The highest BCUT2D eigenvalue weighted by molar-refractivity contribution is 14.0. The van der Waals surface area contributed by atoms with Crippen LogP contribution < -0.4 is 30.0 Å². The molecule has 2 rings (SSSR count). The molecule has 0 radical (unpaired) electrons. The summed E-state index contributed by atoms with van der Waals surface area (Å²) < 4.78 is 21.2. The van der Waals surface area contributed by atoms with Gasteiger partial charge in [0, 0.05) is 12.1 Å². The summed E-state index contributed by atoms with van der Waals surface area (Å²) in [6.07, 6.45) is 0. The van der Waals surface area contributed by atoms with Crippen LogP contribution in [0, 0.1) is 0 Å². The van der Waals surface area contributed by atoms with Gasteiger partial charge in [-0.05, 0) is 23.8 Å². The molecule has 0 aromatic heterocycles. The van der Waals surface area contributed by atoms with Crippen LogP contribution in [0.1, 0.15) is 11.1 Å². The minimum Gasteiger partial charge on any atom is -0.493 e. The van der Waals surface area contributed by atoms with E-state index in [-0.39, 0.29) is 24.0 Å². The Morgan fingerprint density at radius 2 is 1.63 bits per heavy atom. The molecule has 27 heavy (non-hydrogen) atoms. The van der Waals surface area contributed by atoms with Crippen LogP contribution in [0.3, 0.4) is 0 Å². The minimum absolute atomic E-state index is 0. The molecule has 0 amide bonds. The lowest BCUT2D eigenvalue weighted by Gasteiger charge is -2.13. The van der Waals surface area contributed by atoms with E-state index < -0.39 is 0 Å². The molecule has 0 unspecified atom stereocenters. The number of aliphatic imine (C=N–C) groups is 1. The molecule has 148 valence electrons. The number of methoxy groups -OCH3 is 4. The summed E-state index contributed by atoms with van der Waals surface area (Å²) >= 11 is 0. The fraction of sp³-hybridized carbons (Fsp3) is 0.316. The molecule has 2 aromatic carbocycles. The number of ether oxygens (including phenoxy) is 4. The Morgan fingerprint density at radius 1 is 0.926 bits per heavy atom. The van der Waals surface area contributed by atoms with E-state index in [1.54, 1.807) is 28.4 Å². The molecule has 0 saturated heterocycles. The van der Waals surface area contributed by atoms with Crippen molar-refractivity contribution in [2.24, 2.45) is 10.7 Å². The van der Waals surface area contributed by atoms with Crippen molar-refractivity contribution in [1.82, 2.24) is 5.32 Å². The molecule has 8 heteroatoms. The molecule has 0 bridgehead atoms. The first-order valence-electron chi connectivity index (χ1n) is 8.07. The maximum absolute atomic E-state index is 5.97. The zero-order chi connectivity index (χ0) is 18.9. The number of nitrogens with one attached hydrogen (secondary N) is 1. The molecule has 0 saturated carbocycles. The van der Waals surface area contributed by atoms with Crippen LogP contribution in [0.25, 0.3) is 0 Å². The van der Waals surface area contributed by atoms with E-state index >= 15 is 0 Å². The van der Waals surface area contributed by atoms with E-state index in [1.807, 2.05) is 36.4 Å². The average Bonchev–Trinajstić information content (AvgIpc) is 2.69. The summed E-state index contributed by atoms with van der Waals surface area (Å²) in [4.78, 5) is 4.35. The number of nitrogens with two attached hydrogens (primary N) is 1. The molecule has 2 aromatic rings.